The third-order valence-electron chi connectivity index (χ3n) is 4.53. The summed E-state index contributed by atoms with van der Waals surface area (Å²) in [5, 5.41) is 5.45. The second-order valence-corrected chi connectivity index (χ2v) is 6.42. The number of hydrogen-bond acceptors (Lipinski definition) is 4. The van der Waals surface area contributed by atoms with Gasteiger partial charge in [-0.1, -0.05) is 12.1 Å². The van der Waals surface area contributed by atoms with Gasteiger partial charge in [0.25, 0.3) is 5.91 Å². The third-order valence-corrected chi connectivity index (χ3v) is 4.53. The summed E-state index contributed by atoms with van der Waals surface area (Å²) in [4.78, 5) is 37.8. The number of amides is 4. The molecule has 0 spiro atoms. The number of hydrogen-bond donors (Lipinski definition) is 2. The van der Waals surface area contributed by atoms with Crippen LogP contribution in [0.2, 0.25) is 0 Å². The first-order valence-corrected chi connectivity index (χ1v) is 7.99. The fourth-order valence-corrected chi connectivity index (χ4v) is 2.74. The topological polar surface area (TPSA) is 87.7 Å². The molecule has 4 amide bonds. The van der Waals surface area contributed by atoms with Gasteiger partial charge in [0, 0.05) is 6.54 Å². The lowest BCUT2D eigenvalue weighted by Crippen LogP contribution is -2.43. The maximum Gasteiger partial charge on any atom is 0.325 e. The number of rotatable bonds is 6. The predicted octanol–water partition coefficient (Wildman–Crippen LogP) is 0.988. The number of nitrogens with zero attached hydrogens (tertiary/aromatic N) is 1. The van der Waals surface area contributed by atoms with Gasteiger partial charge in [0.05, 0.1) is 7.11 Å². The monoisotopic (exact) mass is 331 g/mol. The van der Waals surface area contributed by atoms with Gasteiger partial charge in [0.2, 0.25) is 5.91 Å². The van der Waals surface area contributed by atoms with Gasteiger partial charge in [-0.25, -0.2) is 4.79 Å². The second kappa shape index (κ2) is 6.14. The van der Waals surface area contributed by atoms with E-state index in [1.165, 1.54) is 0 Å². The first kappa shape index (κ1) is 16.3. The van der Waals surface area contributed by atoms with E-state index in [0.717, 1.165) is 17.7 Å². The Balaban J connectivity index is 1.70. The van der Waals surface area contributed by atoms with Crippen molar-refractivity contribution < 1.29 is 19.1 Å². The lowest BCUT2D eigenvalue weighted by atomic mass is 9.92. The van der Waals surface area contributed by atoms with Crippen LogP contribution in [-0.2, 0) is 15.1 Å². The van der Waals surface area contributed by atoms with Crippen molar-refractivity contribution in [1.82, 2.24) is 15.5 Å². The molecule has 0 unspecified atom stereocenters. The van der Waals surface area contributed by atoms with E-state index in [4.69, 9.17) is 4.74 Å². The van der Waals surface area contributed by atoms with Crippen molar-refractivity contribution in [2.75, 3.05) is 20.2 Å². The van der Waals surface area contributed by atoms with Gasteiger partial charge in [0.15, 0.2) is 0 Å². The van der Waals surface area contributed by atoms with Crippen molar-refractivity contribution in [3.8, 4) is 5.75 Å². The minimum Gasteiger partial charge on any atom is -0.497 e. The standard InChI is InChI=1S/C17H21N3O4/c1-17(12-5-7-13(24-2)8-6-12)15(22)20(16(23)19-17)10-14(21)18-9-11-3-4-11/h5-8,11H,3-4,9-10H2,1-2H3,(H,18,21)(H,19,23)/t17-/m0/s1. The van der Waals surface area contributed by atoms with E-state index in [1.807, 2.05) is 0 Å². The molecule has 24 heavy (non-hydrogen) atoms. The van der Waals surface area contributed by atoms with E-state index >= 15 is 0 Å². The Morgan fingerprint density at radius 1 is 1.33 bits per heavy atom. The Bertz CT molecular complexity index is 669. The number of ether oxygens (including phenoxy) is 1. The van der Waals surface area contributed by atoms with E-state index in [-0.39, 0.29) is 12.5 Å². The molecule has 1 aliphatic heterocycles. The quantitative estimate of drug-likeness (QED) is 0.761. The van der Waals surface area contributed by atoms with Crippen LogP contribution < -0.4 is 15.4 Å². The first-order chi connectivity index (χ1) is 11.4. The number of nitrogens with one attached hydrogen (secondary N) is 2. The highest BCUT2D eigenvalue weighted by Gasteiger charge is 2.49. The molecule has 3 rings (SSSR count). The number of methoxy groups -OCH3 is 1. The molecule has 2 aliphatic rings. The van der Waals surface area contributed by atoms with Crippen molar-refractivity contribution in [1.29, 1.82) is 0 Å². The normalized spacial score (nSPS) is 23.2. The van der Waals surface area contributed by atoms with Gasteiger partial charge in [-0.05, 0) is 43.4 Å². The summed E-state index contributed by atoms with van der Waals surface area (Å²) in [5.41, 5.74) is -0.539. The Labute approximate surface area is 140 Å². The molecule has 1 atom stereocenters. The predicted molar refractivity (Wildman–Crippen MR) is 86.3 cm³/mol. The third kappa shape index (κ3) is 3.06. The van der Waals surface area contributed by atoms with Crippen LogP contribution in [0, 0.1) is 5.92 Å². The molecular weight excluding hydrogens is 310 g/mol. The van der Waals surface area contributed by atoms with Crippen molar-refractivity contribution in [3.05, 3.63) is 29.8 Å². The number of carbonyl (C=O) groups is 3. The lowest BCUT2D eigenvalue weighted by molar-refractivity contribution is -0.134. The van der Waals surface area contributed by atoms with Crippen LogP contribution in [0.1, 0.15) is 25.3 Å². The minimum atomic E-state index is -1.18. The van der Waals surface area contributed by atoms with E-state index in [9.17, 15) is 14.4 Å². The minimum absolute atomic E-state index is 0.261. The molecule has 7 nitrogen and oxygen atoms in total. The Hall–Kier alpha value is -2.57. The van der Waals surface area contributed by atoms with Crippen LogP contribution in [0.4, 0.5) is 4.79 Å². The zero-order chi connectivity index (χ0) is 17.3. The Morgan fingerprint density at radius 3 is 2.58 bits per heavy atom. The molecule has 2 N–H and O–H groups in total. The van der Waals surface area contributed by atoms with E-state index < -0.39 is 17.5 Å². The van der Waals surface area contributed by atoms with Gasteiger partial charge >= 0.3 is 6.03 Å². The van der Waals surface area contributed by atoms with Crippen molar-refractivity contribution in [2.24, 2.45) is 5.92 Å². The van der Waals surface area contributed by atoms with Crippen LogP contribution in [0.15, 0.2) is 24.3 Å². The molecule has 1 saturated carbocycles. The number of imide groups is 1. The summed E-state index contributed by atoms with van der Waals surface area (Å²) in [6.45, 7) is 1.98. The van der Waals surface area contributed by atoms with Crippen molar-refractivity contribution in [2.45, 2.75) is 25.3 Å². The van der Waals surface area contributed by atoms with Crippen LogP contribution in [0.3, 0.4) is 0 Å². The zero-order valence-corrected chi connectivity index (χ0v) is 13.8. The highest BCUT2D eigenvalue weighted by atomic mass is 16.5. The van der Waals surface area contributed by atoms with Crippen LogP contribution >= 0.6 is 0 Å². The van der Waals surface area contributed by atoms with Gasteiger partial charge < -0.3 is 15.4 Å². The van der Waals surface area contributed by atoms with E-state index in [1.54, 1.807) is 38.3 Å². The average molecular weight is 331 g/mol. The second-order valence-electron chi connectivity index (χ2n) is 6.42. The summed E-state index contributed by atoms with van der Waals surface area (Å²) in [7, 11) is 1.56. The number of carbonyl (C=O) groups excluding carboxylic acids is 3. The molecule has 0 aromatic heterocycles. The summed E-state index contributed by atoms with van der Waals surface area (Å²) in [5.74, 6) is 0.459. The van der Waals surface area contributed by atoms with Crippen LogP contribution in [-0.4, -0.2) is 42.9 Å². The Kier molecular flexibility index (Phi) is 4.17. The van der Waals surface area contributed by atoms with Crippen molar-refractivity contribution in [3.63, 3.8) is 0 Å². The molecule has 1 heterocycles. The molecular formula is C17H21N3O4. The summed E-state index contributed by atoms with van der Waals surface area (Å²) < 4.78 is 5.10. The largest absolute Gasteiger partial charge is 0.497 e. The van der Waals surface area contributed by atoms with E-state index in [2.05, 4.69) is 10.6 Å². The maximum atomic E-state index is 12.7. The van der Waals surface area contributed by atoms with Gasteiger partial charge in [-0.15, -0.1) is 0 Å². The molecule has 1 aromatic carbocycles. The number of benzene rings is 1. The molecule has 128 valence electrons. The molecule has 1 saturated heterocycles. The highest BCUT2D eigenvalue weighted by Crippen LogP contribution is 2.30. The summed E-state index contributed by atoms with van der Waals surface area (Å²) >= 11 is 0. The van der Waals surface area contributed by atoms with E-state index in [0.29, 0.717) is 23.8 Å². The zero-order valence-electron chi connectivity index (χ0n) is 13.8. The highest BCUT2D eigenvalue weighted by molar-refractivity contribution is 6.09. The first-order valence-electron chi connectivity index (χ1n) is 7.99. The fraction of sp³-hybridized carbons (Fsp3) is 0.471. The Morgan fingerprint density at radius 2 is 2.00 bits per heavy atom. The average Bonchev–Trinajstić information content (AvgIpc) is 3.38. The van der Waals surface area contributed by atoms with Crippen LogP contribution in [0.5, 0.6) is 5.75 Å². The molecule has 0 bridgehead atoms. The SMILES string of the molecule is COc1ccc([C@]2(C)NC(=O)N(CC(=O)NCC3CC3)C2=O)cc1. The fourth-order valence-electron chi connectivity index (χ4n) is 2.74. The van der Waals surface area contributed by atoms with Gasteiger partial charge in [-0.3, -0.25) is 14.5 Å². The van der Waals surface area contributed by atoms with Gasteiger partial charge in [0.1, 0.15) is 17.8 Å². The van der Waals surface area contributed by atoms with Crippen LogP contribution in [0.25, 0.3) is 0 Å². The molecule has 1 aliphatic carbocycles. The molecule has 0 radical (unpaired) electrons. The van der Waals surface area contributed by atoms with Gasteiger partial charge in [-0.2, -0.15) is 0 Å². The molecule has 1 aromatic rings. The number of urea groups is 1. The summed E-state index contributed by atoms with van der Waals surface area (Å²) in [6, 6.07) is 6.36. The smallest absolute Gasteiger partial charge is 0.325 e. The van der Waals surface area contributed by atoms with Crippen molar-refractivity contribution >= 4 is 17.8 Å². The maximum absolute atomic E-state index is 12.7. The summed E-state index contributed by atoms with van der Waals surface area (Å²) in [6.07, 6.45) is 2.25. The molecule has 7 heteroatoms. The molecule has 2 fully saturated rings. The lowest BCUT2D eigenvalue weighted by Gasteiger charge is -2.22.